The van der Waals surface area contributed by atoms with Gasteiger partial charge in [0.15, 0.2) is 0 Å². The van der Waals surface area contributed by atoms with Gasteiger partial charge in [-0.25, -0.2) is 0 Å². The van der Waals surface area contributed by atoms with Crippen LogP contribution in [-0.4, -0.2) is 6.04 Å². The molecule has 1 unspecified atom stereocenters. The molecule has 0 aromatic heterocycles. The molecule has 54 valence electrons. The first-order valence-electron chi connectivity index (χ1n) is 3.55. The molecule has 0 saturated carbocycles. The zero-order chi connectivity index (χ0) is 7.28. The van der Waals surface area contributed by atoms with Crippen molar-refractivity contribution in [2.45, 2.75) is 33.2 Å². The van der Waals surface area contributed by atoms with Crippen LogP contribution in [0.25, 0.3) is 0 Å². The summed E-state index contributed by atoms with van der Waals surface area (Å²) in [5.74, 6) is 0.656. The highest BCUT2D eigenvalue weighted by atomic mass is 14.6. The highest BCUT2D eigenvalue weighted by molar-refractivity contribution is 4.86. The van der Waals surface area contributed by atoms with Gasteiger partial charge in [0.05, 0.1) is 0 Å². The second-order valence-corrected chi connectivity index (χ2v) is 2.89. The minimum Gasteiger partial charge on any atom is -0.328 e. The fourth-order valence-corrected chi connectivity index (χ4v) is 0.565. The van der Waals surface area contributed by atoms with Crippen LogP contribution in [0.2, 0.25) is 0 Å². The van der Waals surface area contributed by atoms with Crippen LogP contribution in [0.3, 0.4) is 0 Å². The molecule has 2 N–H and O–H groups in total. The summed E-state index contributed by atoms with van der Waals surface area (Å²) < 4.78 is 0. The zero-order valence-corrected chi connectivity index (χ0v) is 6.59. The van der Waals surface area contributed by atoms with Crippen molar-refractivity contribution in [2.24, 2.45) is 11.7 Å². The fourth-order valence-electron chi connectivity index (χ4n) is 0.565. The summed E-state index contributed by atoms with van der Waals surface area (Å²) in [6.07, 6.45) is 5.33. The van der Waals surface area contributed by atoms with Gasteiger partial charge in [-0.1, -0.05) is 26.0 Å². The van der Waals surface area contributed by atoms with Gasteiger partial charge in [-0.15, -0.1) is 0 Å². The summed E-state index contributed by atoms with van der Waals surface area (Å²) >= 11 is 0. The molecule has 0 aromatic carbocycles. The number of rotatable bonds is 3. The van der Waals surface area contributed by atoms with Crippen molar-refractivity contribution in [2.75, 3.05) is 0 Å². The smallest absolute Gasteiger partial charge is 0.00450 e. The van der Waals surface area contributed by atoms with Crippen molar-refractivity contribution in [3.05, 3.63) is 12.2 Å². The Kier molecular flexibility index (Phi) is 4.41. The van der Waals surface area contributed by atoms with Crippen molar-refractivity contribution in [1.29, 1.82) is 0 Å². The predicted octanol–water partition coefficient (Wildman–Crippen LogP) is 1.94. The van der Waals surface area contributed by atoms with Crippen LogP contribution in [-0.2, 0) is 0 Å². The maximum absolute atomic E-state index is 5.53. The molecule has 0 fully saturated rings. The largest absolute Gasteiger partial charge is 0.328 e. The van der Waals surface area contributed by atoms with Gasteiger partial charge in [0.25, 0.3) is 0 Å². The van der Waals surface area contributed by atoms with Crippen molar-refractivity contribution in [3.8, 4) is 0 Å². The molecule has 0 saturated heterocycles. The Hall–Kier alpha value is -0.300. The maximum atomic E-state index is 5.53. The van der Waals surface area contributed by atoms with Gasteiger partial charge in [0.2, 0.25) is 0 Å². The van der Waals surface area contributed by atoms with Crippen molar-refractivity contribution in [3.63, 3.8) is 0 Å². The van der Waals surface area contributed by atoms with E-state index >= 15 is 0 Å². The predicted molar refractivity (Wildman–Crippen MR) is 42.2 cm³/mol. The lowest BCUT2D eigenvalue weighted by Gasteiger charge is -1.98. The summed E-state index contributed by atoms with van der Waals surface area (Å²) in [7, 11) is 0. The molecular weight excluding hydrogens is 110 g/mol. The molecule has 1 nitrogen and oxygen atoms in total. The van der Waals surface area contributed by atoms with Crippen LogP contribution in [0.15, 0.2) is 12.2 Å². The van der Waals surface area contributed by atoms with Crippen LogP contribution < -0.4 is 5.73 Å². The van der Waals surface area contributed by atoms with Crippen LogP contribution in [0.4, 0.5) is 0 Å². The van der Waals surface area contributed by atoms with E-state index in [0.29, 0.717) is 12.0 Å². The first-order valence-corrected chi connectivity index (χ1v) is 3.55. The number of hydrogen-bond acceptors (Lipinski definition) is 1. The second-order valence-electron chi connectivity index (χ2n) is 2.89. The van der Waals surface area contributed by atoms with E-state index in [1.807, 2.05) is 6.92 Å². The van der Waals surface area contributed by atoms with Gasteiger partial charge >= 0.3 is 0 Å². The van der Waals surface area contributed by atoms with Crippen LogP contribution in [0, 0.1) is 5.92 Å². The van der Waals surface area contributed by atoms with Gasteiger partial charge in [0, 0.05) is 6.04 Å². The van der Waals surface area contributed by atoms with Crippen LogP contribution in [0.5, 0.6) is 0 Å². The van der Waals surface area contributed by atoms with E-state index in [1.165, 1.54) is 0 Å². The van der Waals surface area contributed by atoms with Gasteiger partial charge in [0.1, 0.15) is 0 Å². The molecular formula is C8H17N. The Bertz CT molecular complexity index is 82.6. The molecule has 0 aromatic rings. The molecule has 0 aliphatic rings. The second kappa shape index (κ2) is 4.57. The number of hydrogen-bond donors (Lipinski definition) is 1. The topological polar surface area (TPSA) is 26.0 Å². The lowest BCUT2D eigenvalue weighted by atomic mass is 10.1. The standard InChI is InChI=1S/C8H17N/c1-7(2)5-4-6-8(3)9/h4-5,7-8H,6,9H2,1-3H3/b5-4+. The lowest BCUT2D eigenvalue weighted by molar-refractivity contribution is 0.745. The fraction of sp³-hybridized carbons (Fsp3) is 0.750. The van der Waals surface area contributed by atoms with E-state index in [0.717, 1.165) is 6.42 Å². The molecule has 0 rings (SSSR count). The molecule has 0 amide bonds. The van der Waals surface area contributed by atoms with E-state index in [9.17, 15) is 0 Å². The minimum absolute atomic E-state index is 0.306. The molecule has 9 heavy (non-hydrogen) atoms. The molecule has 0 bridgehead atoms. The van der Waals surface area contributed by atoms with E-state index in [1.54, 1.807) is 0 Å². The molecule has 1 heteroatoms. The van der Waals surface area contributed by atoms with Crippen molar-refractivity contribution >= 4 is 0 Å². The van der Waals surface area contributed by atoms with Crippen LogP contribution >= 0.6 is 0 Å². The monoisotopic (exact) mass is 127 g/mol. The quantitative estimate of drug-likeness (QED) is 0.576. The Morgan fingerprint density at radius 2 is 1.89 bits per heavy atom. The number of allylic oxidation sites excluding steroid dienone is 1. The third-order valence-electron chi connectivity index (χ3n) is 1.03. The molecule has 0 heterocycles. The van der Waals surface area contributed by atoms with Crippen molar-refractivity contribution in [1.82, 2.24) is 0 Å². The average molecular weight is 127 g/mol. The van der Waals surface area contributed by atoms with E-state index in [2.05, 4.69) is 26.0 Å². The molecule has 0 aliphatic carbocycles. The molecule has 0 aliphatic heterocycles. The number of nitrogens with two attached hydrogens (primary N) is 1. The summed E-state index contributed by atoms with van der Waals surface area (Å²) in [5, 5.41) is 0. The highest BCUT2D eigenvalue weighted by Gasteiger charge is 1.87. The maximum Gasteiger partial charge on any atom is 0.00450 e. The third kappa shape index (κ3) is 7.70. The molecule has 0 spiro atoms. The minimum atomic E-state index is 0.306. The van der Waals surface area contributed by atoms with E-state index in [-0.39, 0.29) is 0 Å². The SMILES string of the molecule is CC(C)/C=C/CC(C)N. The first kappa shape index (κ1) is 8.70. The summed E-state index contributed by atoms with van der Waals surface area (Å²) in [6.45, 7) is 6.35. The third-order valence-corrected chi connectivity index (χ3v) is 1.03. The summed E-state index contributed by atoms with van der Waals surface area (Å²) in [6, 6.07) is 0.306. The van der Waals surface area contributed by atoms with Gasteiger partial charge < -0.3 is 5.73 Å². The van der Waals surface area contributed by atoms with E-state index in [4.69, 9.17) is 5.73 Å². The van der Waals surface area contributed by atoms with Gasteiger partial charge in [-0.05, 0) is 19.3 Å². The Balaban J connectivity index is 3.25. The van der Waals surface area contributed by atoms with Gasteiger partial charge in [-0.2, -0.15) is 0 Å². The Morgan fingerprint density at radius 3 is 2.22 bits per heavy atom. The Labute approximate surface area is 57.9 Å². The highest BCUT2D eigenvalue weighted by Crippen LogP contribution is 1.96. The molecule has 0 radical (unpaired) electrons. The normalized spacial score (nSPS) is 15.2. The lowest BCUT2D eigenvalue weighted by Crippen LogP contribution is -2.12. The summed E-state index contributed by atoms with van der Waals surface area (Å²) in [5.41, 5.74) is 5.53. The molecule has 1 atom stereocenters. The van der Waals surface area contributed by atoms with E-state index < -0.39 is 0 Å². The first-order chi connectivity index (χ1) is 4.13. The Morgan fingerprint density at radius 1 is 1.33 bits per heavy atom. The van der Waals surface area contributed by atoms with Crippen LogP contribution in [0.1, 0.15) is 27.2 Å². The van der Waals surface area contributed by atoms with Crippen molar-refractivity contribution < 1.29 is 0 Å². The van der Waals surface area contributed by atoms with Gasteiger partial charge in [-0.3, -0.25) is 0 Å². The zero-order valence-electron chi connectivity index (χ0n) is 6.59. The average Bonchev–Trinajstić information content (AvgIpc) is 1.63. The summed E-state index contributed by atoms with van der Waals surface area (Å²) in [4.78, 5) is 0.